The van der Waals surface area contributed by atoms with E-state index in [2.05, 4.69) is 4.98 Å². The van der Waals surface area contributed by atoms with Crippen LogP contribution in [0.3, 0.4) is 0 Å². The SMILES string of the molecule is O=C(O)c1ccoc1CSc1nccs1. The molecule has 0 aliphatic heterocycles. The Balaban J connectivity index is 2.05. The molecule has 2 heterocycles. The van der Waals surface area contributed by atoms with Gasteiger partial charge < -0.3 is 9.52 Å². The fraction of sp³-hybridized carbons (Fsp3) is 0.111. The van der Waals surface area contributed by atoms with Crippen molar-refractivity contribution >= 4 is 29.1 Å². The van der Waals surface area contributed by atoms with Crippen LogP contribution in [0.1, 0.15) is 16.1 Å². The van der Waals surface area contributed by atoms with Crippen LogP contribution in [0.2, 0.25) is 0 Å². The van der Waals surface area contributed by atoms with E-state index < -0.39 is 5.97 Å². The first-order valence-electron chi connectivity index (χ1n) is 4.09. The Morgan fingerprint density at radius 3 is 3.20 bits per heavy atom. The summed E-state index contributed by atoms with van der Waals surface area (Å²) in [4.78, 5) is 14.8. The average Bonchev–Trinajstić information content (AvgIpc) is 2.86. The van der Waals surface area contributed by atoms with Crippen molar-refractivity contribution in [3.63, 3.8) is 0 Å². The number of hydrogen-bond acceptors (Lipinski definition) is 5. The molecule has 78 valence electrons. The molecule has 0 saturated carbocycles. The lowest BCUT2D eigenvalue weighted by Crippen LogP contribution is -1.97. The van der Waals surface area contributed by atoms with Crippen LogP contribution in [-0.4, -0.2) is 16.1 Å². The fourth-order valence-corrected chi connectivity index (χ4v) is 2.64. The van der Waals surface area contributed by atoms with Crippen LogP contribution in [0, 0.1) is 0 Å². The molecule has 0 bridgehead atoms. The third-order valence-corrected chi connectivity index (χ3v) is 3.68. The minimum Gasteiger partial charge on any atom is -0.478 e. The second-order valence-electron chi connectivity index (χ2n) is 2.65. The summed E-state index contributed by atoms with van der Waals surface area (Å²) >= 11 is 2.99. The highest BCUT2D eigenvalue weighted by Gasteiger charge is 2.13. The average molecular weight is 241 g/mol. The van der Waals surface area contributed by atoms with E-state index in [-0.39, 0.29) is 5.56 Å². The van der Waals surface area contributed by atoms with Gasteiger partial charge in [-0.15, -0.1) is 11.3 Å². The highest BCUT2D eigenvalue weighted by molar-refractivity contribution is 8.00. The summed E-state index contributed by atoms with van der Waals surface area (Å²) in [6.45, 7) is 0. The zero-order chi connectivity index (χ0) is 10.7. The summed E-state index contributed by atoms with van der Waals surface area (Å²) in [5.74, 6) is 0.00323. The van der Waals surface area contributed by atoms with Crippen LogP contribution < -0.4 is 0 Å². The van der Waals surface area contributed by atoms with Gasteiger partial charge in [-0.1, -0.05) is 11.8 Å². The van der Waals surface area contributed by atoms with Gasteiger partial charge in [0.05, 0.1) is 12.0 Å². The second-order valence-corrected chi connectivity index (χ2v) is 4.77. The highest BCUT2D eigenvalue weighted by Crippen LogP contribution is 2.26. The first kappa shape index (κ1) is 10.3. The molecule has 15 heavy (non-hydrogen) atoms. The molecule has 0 atom stereocenters. The number of thioether (sulfide) groups is 1. The lowest BCUT2D eigenvalue weighted by Gasteiger charge is -1.96. The molecule has 0 spiro atoms. The molecule has 0 amide bonds. The van der Waals surface area contributed by atoms with Gasteiger partial charge in [0, 0.05) is 11.6 Å². The quantitative estimate of drug-likeness (QED) is 0.834. The molecule has 2 aromatic heterocycles. The van der Waals surface area contributed by atoms with Gasteiger partial charge in [0.1, 0.15) is 15.7 Å². The van der Waals surface area contributed by atoms with E-state index in [9.17, 15) is 4.79 Å². The van der Waals surface area contributed by atoms with Gasteiger partial charge in [-0.25, -0.2) is 9.78 Å². The molecule has 0 saturated heterocycles. The van der Waals surface area contributed by atoms with Crippen molar-refractivity contribution in [3.8, 4) is 0 Å². The van der Waals surface area contributed by atoms with Crippen molar-refractivity contribution in [2.45, 2.75) is 10.1 Å². The fourth-order valence-electron chi connectivity index (χ4n) is 1.05. The van der Waals surface area contributed by atoms with Crippen molar-refractivity contribution < 1.29 is 14.3 Å². The van der Waals surface area contributed by atoms with E-state index in [0.29, 0.717) is 11.5 Å². The Labute approximate surface area is 94.0 Å². The van der Waals surface area contributed by atoms with E-state index in [1.165, 1.54) is 35.4 Å². The van der Waals surface area contributed by atoms with Crippen LogP contribution in [0.15, 0.2) is 32.7 Å². The van der Waals surface area contributed by atoms with Crippen LogP contribution in [0.4, 0.5) is 0 Å². The molecular weight excluding hydrogens is 234 g/mol. The minimum atomic E-state index is -0.960. The predicted octanol–water partition coefficient (Wildman–Crippen LogP) is 2.73. The summed E-state index contributed by atoms with van der Waals surface area (Å²) in [7, 11) is 0. The molecule has 0 fully saturated rings. The Hall–Kier alpha value is -1.27. The van der Waals surface area contributed by atoms with Crippen molar-refractivity contribution in [2.75, 3.05) is 0 Å². The summed E-state index contributed by atoms with van der Waals surface area (Å²) in [6, 6.07) is 1.46. The topological polar surface area (TPSA) is 63.3 Å². The first-order valence-corrected chi connectivity index (χ1v) is 5.96. The molecule has 2 aromatic rings. The smallest absolute Gasteiger partial charge is 0.339 e. The summed E-state index contributed by atoms with van der Waals surface area (Å²) in [5.41, 5.74) is 0.221. The number of carboxylic acid groups (broad SMARTS) is 1. The van der Waals surface area contributed by atoms with Crippen molar-refractivity contribution in [1.82, 2.24) is 4.98 Å². The number of furan rings is 1. The Kier molecular flexibility index (Phi) is 3.08. The van der Waals surface area contributed by atoms with Gasteiger partial charge in [0.15, 0.2) is 0 Å². The zero-order valence-corrected chi connectivity index (χ0v) is 9.18. The van der Waals surface area contributed by atoms with Gasteiger partial charge in [-0.2, -0.15) is 0 Å². The van der Waals surface area contributed by atoms with Crippen molar-refractivity contribution in [2.24, 2.45) is 0 Å². The number of aromatic nitrogens is 1. The van der Waals surface area contributed by atoms with Gasteiger partial charge >= 0.3 is 5.97 Å². The summed E-state index contributed by atoms with van der Waals surface area (Å²) in [5, 5.41) is 10.7. The number of rotatable bonds is 4. The van der Waals surface area contributed by atoms with E-state index >= 15 is 0 Å². The molecule has 0 radical (unpaired) electrons. The van der Waals surface area contributed by atoms with E-state index in [0.717, 1.165) is 4.34 Å². The number of nitrogens with zero attached hydrogens (tertiary/aromatic N) is 1. The summed E-state index contributed by atoms with van der Waals surface area (Å²) in [6.07, 6.45) is 3.11. The normalized spacial score (nSPS) is 10.4. The molecule has 1 N–H and O–H groups in total. The Morgan fingerprint density at radius 2 is 2.53 bits per heavy atom. The third kappa shape index (κ3) is 2.40. The number of aromatic carboxylic acids is 1. The lowest BCUT2D eigenvalue weighted by atomic mass is 10.3. The van der Waals surface area contributed by atoms with Gasteiger partial charge in [0.25, 0.3) is 0 Å². The molecule has 0 aliphatic carbocycles. The van der Waals surface area contributed by atoms with Crippen LogP contribution >= 0.6 is 23.1 Å². The minimum absolute atomic E-state index is 0.221. The number of carbonyl (C=O) groups is 1. The molecule has 2 rings (SSSR count). The predicted molar refractivity (Wildman–Crippen MR) is 57.3 cm³/mol. The zero-order valence-electron chi connectivity index (χ0n) is 7.54. The highest BCUT2D eigenvalue weighted by atomic mass is 32.2. The van der Waals surface area contributed by atoms with Crippen molar-refractivity contribution in [3.05, 3.63) is 35.2 Å². The van der Waals surface area contributed by atoms with Crippen LogP contribution in [-0.2, 0) is 5.75 Å². The maximum atomic E-state index is 10.8. The molecule has 0 aliphatic rings. The Morgan fingerprint density at radius 1 is 1.67 bits per heavy atom. The van der Waals surface area contributed by atoms with Gasteiger partial charge in [-0.3, -0.25) is 0 Å². The molecule has 0 aromatic carbocycles. The van der Waals surface area contributed by atoms with E-state index in [1.54, 1.807) is 6.20 Å². The number of carboxylic acids is 1. The number of hydrogen-bond donors (Lipinski definition) is 1. The Bertz CT molecular complexity index is 450. The molecular formula is C9H7NO3S2. The maximum Gasteiger partial charge on any atom is 0.339 e. The first-order chi connectivity index (χ1) is 7.27. The lowest BCUT2D eigenvalue weighted by molar-refractivity contribution is 0.0695. The van der Waals surface area contributed by atoms with E-state index in [1.807, 2.05) is 5.38 Å². The number of thiazole rings is 1. The van der Waals surface area contributed by atoms with Crippen LogP contribution in [0.25, 0.3) is 0 Å². The second kappa shape index (κ2) is 4.50. The monoisotopic (exact) mass is 241 g/mol. The third-order valence-electron chi connectivity index (χ3n) is 1.71. The maximum absolute atomic E-state index is 10.8. The van der Waals surface area contributed by atoms with Gasteiger partial charge in [-0.05, 0) is 6.07 Å². The standard InChI is InChI=1S/C9H7NO3S2/c11-8(12)6-1-3-13-7(6)5-15-9-10-2-4-14-9/h1-4H,5H2,(H,11,12). The molecule has 4 nitrogen and oxygen atoms in total. The van der Waals surface area contributed by atoms with E-state index in [4.69, 9.17) is 9.52 Å². The van der Waals surface area contributed by atoms with Gasteiger partial charge in [0.2, 0.25) is 0 Å². The summed E-state index contributed by atoms with van der Waals surface area (Å²) < 4.78 is 6.00. The largest absolute Gasteiger partial charge is 0.478 e. The molecule has 6 heteroatoms. The molecule has 0 unspecified atom stereocenters. The van der Waals surface area contributed by atoms with Crippen LogP contribution in [0.5, 0.6) is 0 Å². The van der Waals surface area contributed by atoms with Crippen molar-refractivity contribution in [1.29, 1.82) is 0 Å².